The number of nitrogens with two attached hydrogens (primary N) is 1. The number of amides is 6. The van der Waals surface area contributed by atoms with Crippen molar-refractivity contribution >= 4 is 35.4 Å². The SMILES string of the molecule is CC(=O)N[C@@H](C)C(=O)NCC(=O)NCC(=O)N[C@@H](CC(C)C)C(=O)N[C@@]12CC3C[C@H](C1)C[C@](C(N)=O)(C3)C2. The number of carbonyl (C=O) groups is 6. The number of hydrogen-bond acceptors (Lipinski definition) is 6. The predicted octanol–water partition coefficient (Wildman–Crippen LogP) is -0.785. The van der Waals surface area contributed by atoms with E-state index < -0.39 is 40.8 Å². The molecule has 12 heteroatoms. The molecule has 4 fully saturated rings. The first-order valence-corrected chi connectivity index (χ1v) is 13.5. The molecule has 4 aliphatic carbocycles. The van der Waals surface area contributed by atoms with Crippen LogP contribution in [-0.2, 0) is 28.8 Å². The van der Waals surface area contributed by atoms with Gasteiger partial charge in [0.2, 0.25) is 35.4 Å². The molecule has 0 aliphatic heterocycles. The van der Waals surface area contributed by atoms with Crippen molar-refractivity contribution in [2.24, 2.45) is 28.9 Å². The van der Waals surface area contributed by atoms with Crippen LogP contribution >= 0.6 is 0 Å². The third-order valence-corrected chi connectivity index (χ3v) is 8.01. The van der Waals surface area contributed by atoms with Crippen LogP contribution in [0.5, 0.6) is 0 Å². The van der Waals surface area contributed by atoms with Crippen LogP contribution in [0.1, 0.15) is 72.6 Å². The van der Waals surface area contributed by atoms with E-state index >= 15 is 0 Å². The molecule has 12 nitrogen and oxygen atoms in total. The first-order chi connectivity index (χ1) is 17.7. The summed E-state index contributed by atoms with van der Waals surface area (Å²) in [5, 5.41) is 13.2. The maximum absolute atomic E-state index is 13.4. The molecule has 6 atom stereocenters. The predicted molar refractivity (Wildman–Crippen MR) is 138 cm³/mol. The summed E-state index contributed by atoms with van der Waals surface area (Å²) in [7, 11) is 0. The third kappa shape index (κ3) is 7.22. The molecule has 0 spiro atoms. The molecule has 1 unspecified atom stereocenters. The highest BCUT2D eigenvalue weighted by Crippen LogP contribution is 2.61. The molecule has 0 saturated heterocycles. The summed E-state index contributed by atoms with van der Waals surface area (Å²) in [5.74, 6) is -1.75. The third-order valence-electron chi connectivity index (χ3n) is 8.01. The zero-order valence-corrected chi connectivity index (χ0v) is 22.8. The lowest BCUT2D eigenvalue weighted by atomic mass is 9.46. The van der Waals surface area contributed by atoms with E-state index in [4.69, 9.17) is 5.73 Å². The number of hydrogen-bond donors (Lipinski definition) is 6. The lowest BCUT2D eigenvalue weighted by molar-refractivity contribution is -0.151. The highest BCUT2D eigenvalue weighted by atomic mass is 16.2. The van der Waals surface area contributed by atoms with E-state index in [2.05, 4.69) is 26.6 Å². The Morgan fingerprint density at radius 2 is 1.45 bits per heavy atom. The Labute approximate surface area is 223 Å². The van der Waals surface area contributed by atoms with Gasteiger partial charge in [-0.15, -0.1) is 0 Å². The number of nitrogens with one attached hydrogen (secondary N) is 5. The van der Waals surface area contributed by atoms with Crippen molar-refractivity contribution in [2.75, 3.05) is 13.1 Å². The Morgan fingerprint density at radius 1 is 0.842 bits per heavy atom. The van der Waals surface area contributed by atoms with Gasteiger partial charge in [-0.2, -0.15) is 0 Å². The fourth-order valence-electron chi connectivity index (χ4n) is 6.93. The fourth-order valence-corrected chi connectivity index (χ4v) is 6.93. The van der Waals surface area contributed by atoms with Crippen molar-refractivity contribution in [2.45, 2.75) is 90.3 Å². The van der Waals surface area contributed by atoms with E-state index in [1.807, 2.05) is 13.8 Å². The average Bonchev–Trinajstić information content (AvgIpc) is 2.78. The molecule has 4 bridgehead atoms. The Kier molecular flexibility index (Phi) is 9.04. The second-order valence-electron chi connectivity index (χ2n) is 12.0. The lowest BCUT2D eigenvalue weighted by Gasteiger charge is -2.61. The average molecular weight is 535 g/mol. The van der Waals surface area contributed by atoms with Crippen LogP contribution in [0.3, 0.4) is 0 Å². The standard InChI is InChI=1S/C26H42N6O6/c1-14(2)5-19(31-21(35)12-28-20(34)11-29-22(36)15(3)30-16(4)33)23(37)32-26-9-17-6-18(10-26)8-25(7-17,13-26)24(27)38/h14-15,17-19H,5-13H2,1-4H3,(H2,27,38)(H,28,34)(H,29,36)(H,30,33)(H,31,35)(H,32,37)/t15-,17-,18?,19-,25-,26+/m0/s1. The highest BCUT2D eigenvalue weighted by molar-refractivity contribution is 5.92. The van der Waals surface area contributed by atoms with Gasteiger partial charge < -0.3 is 32.3 Å². The maximum Gasteiger partial charge on any atom is 0.243 e. The van der Waals surface area contributed by atoms with Gasteiger partial charge in [0.25, 0.3) is 0 Å². The Hall–Kier alpha value is -3.18. The van der Waals surface area contributed by atoms with Gasteiger partial charge >= 0.3 is 0 Å². The summed E-state index contributed by atoms with van der Waals surface area (Å²) in [6, 6.07) is -1.60. The quantitative estimate of drug-likeness (QED) is 0.190. The lowest BCUT2D eigenvalue weighted by Crippen LogP contribution is -2.67. The zero-order chi connectivity index (χ0) is 28.3. The molecule has 0 heterocycles. The van der Waals surface area contributed by atoms with Gasteiger partial charge in [0.1, 0.15) is 12.1 Å². The molecule has 212 valence electrons. The topological polar surface area (TPSA) is 189 Å². The van der Waals surface area contributed by atoms with Crippen molar-refractivity contribution in [1.82, 2.24) is 26.6 Å². The largest absolute Gasteiger partial charge is 0.369 e. The molecule has 6 amide bonds. The molecular weight excluding hydrogens is 492 g/mol. The normalized spacial score (nSPS) is 28.7. The summed E-state index contributed by atoms with van der Waals surface area (Å²) < 4.78 is 0. The maximum atomic E-state index is 13.4. The van der Waals surface area contributed by atoms with Gasteiger partial charge in [0.15, 0.2) is 0 Å². The summed E-state index contributed by atoms with van der Waals surface area (Å²) in [6.45, 7) is 5.94. The number of primary amides is 1. The first-order valence-electron chi connectivity index (χ1n) is 13.5. The van der Waals surface area contributed by atoms with Gasteiger partial charge in [-0.3, -0.25) is 28.8 Å². The van der Waals surface area contributed by atoms with Crippen LogP contribution in [0.15, 0.2) is 0 Å². The minimum Gasteiger partial charge on any atom is -0.369 e. The number of rotatable bonds is 12. The van der Waals surface area contributed by atoms with Gasteiger partial charge in [-0.1, -0.05) is 13.8 Å². The Bertz CT molecular complexity index is 967. The van der Waals surface area contributed by atoms with E-state index in [9.17, 15) is 28.8 Å². The zero-order valence-electron chi connectivity index (χ0n) is 22.8. The van der Waals surface area contributed by atoms with Gasteiger partial charge in [0, 0.05) is 12.5 Å². The van der Waals surface area contributed by atoms with Gasteiger partial charge in [0.05, 0.1) is 18.5 Å². The van der Waals surface area contributed by atoms with Crippen LogP contribution < -0.4 is 32.3 Å². The minimum absolute atomic E-state index is 0.120. The van der Waals surface area contributed by atoms with E-state index in [0.29, 0.717) is 24.7 Å². The summed E-state index contributed by atoms with van der Waals surface area (Å²) in [5.41, 5.74) is 4.77. The van der Waals surface area contributed by atoms with Crippen LogP contribution in [0.25, 0.3) is 0 Å². The molecule has 0 aromatic heterocycles. The molecule has 4 rings (SSSR count). The monoisotopic (exact) mass is 534 g/mol. The van der Waals surface area contributed by atoms with Crippen molar-refractivity contribution < 1.29 is 28.8 Å². The Balaban J connectivity index is 1.53. The second kappa shape index (κ2) is 11.7. The van der Waals surface area contributed by atoms with E-state index in [1.165, 1.54) is 13.8 Å². The van der Waals surface area contributed by atoms with Crippen molar-refractivity contribution in [1.29, 1.82) is 0 Å². The molecule has 7 N–H and O–H groups in total. The van der Waals surface area contributed by atoms with E-state index in [0.717, 1.165) is 32.1 Å². The summed E-state index contributed by atoms with van der Waals surface area (Å²) in [6.07, 6.45) is 5.21. The summed E-state index contributed by atoms with van der Waals surface area (Å²) in [4.78, 5) is 73.4. The Morgan fingerprint density at radius 3 is 2.00 bits per heavy atom. The van der Waals surface area contributed by atoms with E-state index in [-0.39, 0.29) is 36.7 Å². The smallest absolute Gasteiger partial charge is 0.243 e. The van der Waals surface area contributed by atoms with Gasteiger partial charge in [-0.25, -0.2) is 0 Å². The summed E-state index contributed by atoms with van der Waals surface area (Å²) >= 11 is 0. The van der Waals surface area contributed by atoms with Crippen molar-refractivity contribution in [3.63, 3.8) is 0 Å². The molecular formula is C26H42N6O6. The number of carbonyl (C=O) groups excluding carboxylic acids is 6. The molecule has 4 aliphatic rings. The van der Waals surface area contributed by atoms with Crippen molar-refractivity contribution in [3.05, 3.63) is 0 Å². The second-order valence-corrected chi connectivity index (χ2v) is 12.0. The minimum atomic E-state index is -0.800. The van der Waals surface area contributed by atoms with Crippen LogP contribution in [-0.4, -0.2) is 66.2 Å². The van der Waals surface area contributed by atoms with E-state index in [1.54, 1.807) is 0 Å². The molecule has 4 saturated carbocycles. The van der Waals surface area contributed by atoms with Gasteiger partial charge in [-0.05, 0) is 69.6 Å². The molecule has 0 aromatic carbocycles. The molecule has 38 heavy (non-hydrogen) atoms. The van der Waals surface area contributed by atoms with Crippen molar-refractivity contribution in [3.8, 4) is 0 Å². The molecule has 0 aromatic rings. The first kappa shape index (κ1) is 29.4. The van der Waals surface area contributed by atoms with Crippen LogP contribution in [0.4, 0.5) is 0 Å². The molecule has 0 radical (unpaired) electrons. The van der Waals surface area contributed by atoms with Crippen LogP contribution in [0, 0.1) is 23.2 Å². The fraction of sp³-hybridized carbons (Fsp3) is 0.769. The van der Waals surface area contributed by atoms with Crippen LogP contribution in [0.2, 0.25) is 0 Å². The highest BCUT2D eigenvalue weighted by Gasteiger charge is 2.60.